The van der Waals surface area contributed by atoms with Crippen LogP contribution in [-0.2, 0) is 0 Å². The fourth-order valence-corrected chi connectivity index (χ4v) is 1.96. The minimum absolute atomic E-state index is 0.111. The zero-order valence-electron chi connectivity index (χ0n) is 8.99. The minimum Gasteiger partial charge on any atom is -0.461 e. The molecule has 4 heteroatoms. The summed E-state index contributed by atoms with van der Waals surface area (Å²) in [6.45, 7) is 0. The van der Waals surface area contributed by atoms with E-state index in [1.165, 1.54) is 18.2 Å². The van der Waals surface area contributed by atoms with Gasteiger partial charge in [-0.25, -0.2) is 8.78 Å². The lowest BCUT2D eigenvalue weighted by Crippen LogP contribution is -2.00. The van der Waals surface area contributed by atoms with E-state index in [-0.39, 0.29) is 23.3 Å². The molecule has 0 aliphatic heterocycles. The predicted octanol–water partition coefficient (Wildman–Crippen LogP) is 3.04. The van der Waals surface area contributed by atoms with Crippen molar-refractivity contribution in [2.75, 3.05) is 0 Å². The second-order valence-corrected chi connectivity index (χ2v) is 4.30. The summed E-state index contributed by atoms with van der Waals surface area (Å²) < 4.78 is 32.5. The molecule has 1 aliphatic carbocycles. The molecular formula is C13H11F2NO. The van der Waals surface area contributed by atoms with Gasteiger partial charge in [0.05, 0.1) is 5.56 Å². The number of furan rings is 1. The third-order valence-corrected chi connectivity index (χ3v) is 3.04. The Balaban J connectivity index is 2.01. The highest BCUT2D eigenvalue weighted by molar-refractivity contribution is 5.59. The van der Waals surface area contributed by atoms with Crippen molar-refractivity contribution in [2.45, 2.75) is 18.4 Å². The van der Waals surface area contributed by atoms with Gasteiger partial charge in [-0.15, -0.1) is 0 Å². The van der Waals surface area contributed by atoms with Gasteiger partial charge in [-0.2, -0.15) is 0 Å². The second kappa shape index (κ2) is 3.67. The maximum Gasteiger partial charge on any atom is 0.140 e. The van der Waals surface area contributed by atoms with E-state index in [1.54, 1.807) is 12.1 Å². The Morgan fingerprint density at radius 1 is 1.12 bits per heavy atom. The van der Waals surface area contributed by atoms with E-state index in [0.717, 1.165) is 6.42 Å². The molecule has 0 amide bonds. The second-order valence-electron chi connectivity index (χ2n) is 4.30. The molecular weight excluding hydrogens is 224 g/mol. The summed E-state index contributed by atoms with van der Waals surface area (Å²) in [5.41, 5.74) is 5.58. The fourth-order valence-electron chi connectivity index (χ4n) is 1.96. The molecule has 2 N–H and O–H groups in total. The summed E-state index contributed by atoms with van der Waals surface area (Å²) in [6, 6.07) is 7.18. The number of halogens is 2. The van der Waals surface area contributed by atoms with Crippen molar-refractivity contribution in [3.8, 4) is 11.3 Å². The highest BCUT2D eigenvalue weighted by atomic mass is 19.1. The third-order valence-electron chi connectivity index (χ3n) is 3.04. The van der Waals surface area contributed by atoms with Crippen molar-refractivity contribution in [1.82, 2.24) is 0 Å². The van der Waals surface area contributed by atoms with E-state index in [1.807, 2.05) is 0 Å². The number of benzene rings is 1. The lowest BCUT2D eigenvalue weighted by atomic mass is 10.1. The molecule has 2 atom stereocenters. The van der Waals surface area contributed by atoms with Crippen LogP contribution in [0.1, 0.15) is 18.1 Å². The summed E-state index contributed by atoms with van der Waals surface area (Å²) in [6.07, 6.45) is 0.868. The van der Waals surface area contributed by atoms with Crippen LogP contribution in [0.4, 0.5) is 8.78 Å². The summed E-state index contributed by atoms with van der Waals surface area (Å²) in [5, 5.41) is 0. The molecule has 0 bridgehead atoms. The van der Waals surface area contributed by atoms with Crippen LogP contribution in [-0.4, -0.2) is 6.04 Å². The van der Waals surface area contributed by atoms with Gasteiger partial charge < -0.3 is 10.2 Å². The SMILES string of the molecule is NC1CC1c1ccc(-c2c(F)cccc2F)o1. The topological polar surface area (TPSA) is 39.2 Å². The van der Waals surface area contributed by atoms with Gasteiger partial charge in [0.25, 0.3) is 0 Å². The predicted molar refractivity (Wildman–Crippen MR) is 59.4 cm³/mol. The minimum atomic E-state index is -0.619. The number of hydrogen-bond donors (Lipinski definition) is 1. The van der Waals surface area contributed by atoms with Crippen LogP contribution in [0.5, 0.6) is 0 Å². The summed E-state index contributed by atoms with van der Waals surface area (Å²) in [7, 11) is 0. The molecule has 2 aromatic rings. The molecule has 1 heterocycles. The molecule has 17 heavy (non-hydrogen) atoms. The molecule has 2 unspecified atom stereocenters. The van der Waals surface area contributed by atoms with Crippen molar-refractivity contribution in [3.05, 3.63) is 47.7 Å². The van der Waals surface area contributed by atoms with E-state index >= 15 is 0 Å². The van der Waals surface area contributed by atoms with Crippen molar-refractivity contribution >= 4 is 0 Å². The first-order valence-corrected chi connectivity index (χ1v) is 5.46. The normalized spacial score (nSPS) is 22.8. The molecule has 0 spiro atoms. The number of rotatable bonds is 2. The molecule has 0 radical (unpaired) electrons. The largest absolute Gasteiger partial charge is 0.461 e. The van der Waals surface area contributed by atoms with Crippen LogP contribution in [0.3, 0.4) is 0 Å². The van der Waals surface area contributed by atoms with Crippen LogP contribution < -0.4 is 5.73 Å². The van der Waals surface area contributed by atoms with Crippen molar-refractivity contribution in [3.63, 3.8) is 0 Å². The number of nitrogens with two attached hydrogens (primary N) is 1. The zero-order chi connectivity index (χ0) is 12.0. The number of hydrogen-bond acceptors (Lipinski definition) is 2. The van der Waals surface area contributed by atoms with Gasteiger partial charge in [0.2, 0.25) is 0 Å². The molecule has 3 rings (SSSR count). The fraction of sp³-hybridized carbons (Fsp3) is 0.231. The Morgan fingerprint density at radius 3 is 2.35 bits per heavy atom. The van der Waals surface area contributed by atoms with E-state index in [2.05, 4.69) is 0 Å². The van der Waals surface area contributed by atoms with Crippen LogP contribution in [0.15, 0.2) is 34.7 Å². The Morgan fingerprint density at radius 2 is 1.76 bits per heavy atom. The van der Waals surface area contributed by atoms with Gasteiger partial charge in [0.15, 0.2) is 0 Å². The molecule has 1 saturated carbocycles. The van der Waals surface area contributed by atoms with Crippen LogP contribution in [0.2, 0.25) is 0 Å². The molecule has 1 aromatic heterocycles. The van der Waals surface area contributed by atoms with Crippen molar-refractivity contribution < 1.29 is 13.2 Å². The van der Waals surface area contributed by atoms with Gasteiger partial charge in [0, 0.05) is 12.0 Å². The zero-order valence-corrected chi connectivity index (χ0v) is 8.99. The first-order chi connectivity index (χ1) is 8.16. The molecule has 2 nitrogen and oxygen atoms in total. The summed E-state index contributed by atoms with van der Waals surface area (Å²) in [5.74, 6) is -0.125. The van der Waals surface area contributed by atoms with E-state index in [0.29, 0.717) is 5.76 Å². The molecule has 0 saturated heterocycles. The maximum atomic E-state index is 13.5. The van der Waals surface area contributed by atoms with Gasteiger partial charge in [-0.1, -0.05) is 6.07 Å². The van der Waals surface area contributed by atoms with Crippen molar-refractivity contribution in [2.24, 2.45) is 5.73 Å². The highest BCUT2D eigenvalue weighted by Gasteiger charge is 2.37. The Bertz CT molecular complexity index is 544. The smallest absolute Gasteiger partial charge is 0.140 e. The lowest BCUT2D eigenvalue weighted by Gasteiger charge is -2.01. The highest BCUT2D eigenvalue weighted by Crippen LogP contribution is 2.41. The quantitative estimate of drug-likeness (QED) is 0.868. The molecule has 1 aromatic carbocycles. The van der Waals surface area contributed by atoms with E-state index < -0.39 is 11.6 Å². The van der Waals surface area contributed by atoms with Gasteiger partial charge in [0.1, 0.15) is 23.2 Å². The van der Waals surface area contributed by atoms with Crippen molar-refractivity contribution in [1.29, 1.82) is 0 Å². The molecule has 1 aliphatic rings. The summed E-state index contributed by atoms with van der Waals surface area (Å²) in [4.78, 5) is 0. The first kappa shape index (κ1) is 10.5. The Hall–Kier alpha value is -1.68. The Labute approximate surface area is 97.0 Å². The average molecular weight is 235 g/mol. The standard InChI is InChI=1S/C13H11F2NO/c14-8-2-1-3-9(15)13(8)12-5-4-11(17-12)7-6-10(7)16/h1-5,7,10H,6,16H2. The monoisotopic (exact) mass is 235 g/mol. The van der Waals surface area contributed by atoms with Gasteiger partial charge >= 0.3 is 0 Å². The lowest BCUT2D eigenvalue weighted by molar-refractivity contribution is 0.508. The van der Waals surface area contributed by atoms with Crippen LogP contribution in [0.25, 0.3) is 11.3 Å². The van der Waals surface area contributed by atoms with Crippen LogP contribution in [0, 0.1) is 11.6 Å². The summed E-state index contributed by atoms with van der Waals surface area (Å²) >= 11 is 0. The Kier molecular flexibility index (Phi) is 2.26. The average Bonchev–Trinajstić information content (AvgIpc) is 2.83. The first-order valence-electron chi connectivity index (χ1n) is 5.46. The van der Waals surface area contributed by atoms with E-state index in [4.69, 9.17) is 10.2 Å². The van der Waals surface area contributed by atoms with Gasteiger partial charge in [-0.3, -0.25) is 0 Å². The molecule has 88 valence electrons. The third kappa shape index (κ3) is 1.74. The van der Waals surface area contributed by atoms with E-state index in [9.17, 15) is 8.78 Å². The maximum absolute atomic E-state index is 13.5. The van der Waals surface area contributed by atoms with Gasteiger partial charge in [-0.05, 0) is 30.7 Å². The van der Waals surface area contributed by atoms with Crippen LogP contribution >= 0.6 is 0 Å². The molecule has 1 fully saturated rings.